The molecule has 0 aromatic heterocycles. The molecule has 1 aromatic rings. The molecule has 5 heteroatoms. The molecule has 1 aliphatic rings. The van der Waals surface area contributed by atoms with Gasteiger partial charge in [0.15, 0.2) is 11.6 Å². The molecule has 0 radical (unpaired) electrons. The Labute approximate surface area is 111 Å². The summed E-state index contributed by atoms with van der Waals surface area (Å²) in [6.07, 6.45) is 0.848. The van der Waals surface area contributed by atoms with E-state index in [0.29, 0.717) is 24.6 Å². The third-order valence-corrected chi connectivity index (χ3v) is 4.24. The molecule has 0 amide bonds. The minimum absolute atomic E-state index is 0.0607. The quantitative estimate of drug-likeness (QED) is 0.833. The summed E-state index contributed by atoms with van der Waals surface area (Å²) in [5.74, 6) is -2.56. The molecule has 0 spiro atoms. The van der Waals surface area contributed by atoms with Gasteiger partial charge in [-0.05, 0) is 26.3 Å². The maximum atomic E-state index is 13.8. The second kappa shape index (κ2) is 5.41. The van der Waals surface area contributed by atoms with E-state index >= 15 is 0 Å². The Morgan fingerprint density at radius 1 is 1.11 bits per heavy atom. The fraction of sp³-hybridized carbons (Fsp3) is 0.571. The number of anilines is 1. The standard InChI is InChI=1S/C14H19F3N2/c1-8-9(2)19(5-4-13(8)18-3)14-7-11(16)10(15)6-12(14)17/h6-9,13,18H,4-5H2,1-3H3. The number of hydrogen-bond donors (Lipinski definition) is 1. The summed E-state index contributed by atoms with van der Waals surface area (Å²) in [4.78, 5) is 1.82. The maximum absolute atomic E-state index is 13.8. The highest BCUT2D eigenvalue weighted by Crippen LogP contribution is 2.31. The van der Waals surface area contributed by atoms with Gasteiger partial charge in [-0.2, -0.15) is 0 Å². The van der Waals surface area contributed by atoms with E-state index in [1.54, 1.807) is 0 Å². The first-order valence-corrected chi connectivity index (χ1v) is 6.54. The first-order valence-electron chi connectivity index (χ1n) is 6.54. The monoisotopic (exact) mass is 272 g/mol. The summed E-state index contributed by atoms with van der Waals surface area (Å²) >= 11 is 0. The number of halogens is 3. The van der Waals surface area contributed by atoms with Gasteiger partial charge >= 0.3 is 0 Å². The zero-order valence-corrected chi connectivity index (χ0v) is 11.4. The SMILES string of the molecule is CNC1CCN(c2cc(F)c(F)cc2F)C(C)C1C. The summed E-state index contributed by atoms with van der Waals surface area (Å²) in [5.41, 5.74) is 0.146. The van der Waals surface area contributed by atoms with E-state index in [4.69, 9.17) is 0 Å². The number of nitrogens with one attached hydrogen (secondary N) is 1. The molecule has 0 aliphatic carbocycles. The Bertz CT molecular complexity index is 464. The van der Waals surface area contributed by atoms with E-state index in [1.165, 1.54) is 0 Å². The minimum atomic E-state index is -1.15. The Balaban J connectivity index is 2.30. The molecule has 0 saturated carbocycles. The Kier molecular flexibility index (Phi) is 4.04. The van der Waals surface area contributed by atoms with Crippen LogP contribution in [-0.2, 0) is 0 Å². The Hall–Kier alpha value is -1.23. The van der Waals surface area contributed by atoms with Crippen molar-refractivity contribution in [3.05, 3.63) is 29.6 Å². The first kappa shape index (κ1) is 14.2. The number of benzene rings is 1. The van der Waals surface area contributed by atoms with Crippen LogP contribution in [0.4, 0.5) is 18.9 Å². The van der Waals surface area contributed by atoms with Gasteiger partial charge in [0, 0.05) is 30.8 Å². The van der Waals surface area contributed by atoms with Gasteiger partial charge < -0.3 is 10.2 Å². The zero-order chi connectivity index (χ0) is 14.2. The average Bonchev–Trinajstić information content (AvgIpc) is 2.37. The van der Waals surface area contributed by atoms with Crippen LogP contribution in [0.1, 0.15) is 20.3 Å². The van der Waals surface area contributed by atoms with Crippen LogP contribution in [0.25, 0.3) is 0 Å². The second-order valence-corrected chi connectivity index (χ2v) is 5.19. The fourth-order valence-corrected chi connectivity index (χ4v) is 2.84. The van der Waals surface area contributed by atoms with E-state index in [0.717, 1.165) is 12.5 Å². The van der Waals surface area contributed by atoms with Crippen LogP contribution in [0.3, 0.4) is 0 Å². The van der Waals surface area contributed by atoms with Crippen LogP contribution < -0.4 is 10.2 Å². The largest absolute Gasteiger partial charge is 0.366 e. The maximum Gasteiger partial charge on any atom is 0.161 e. The summed E-state index contributed by atoms with van der Waals surface area (Å²) in [6.45, 7) is 4.68. The lowest BCUT2D eigenvalue weighted by Crippen LogP contribution is -2.53. The molecule has 0 bridgehead atoms. The smallest absolute Gasteiger partial charge is 0.161 e. The molecular formula is C14H19F3N2. The van der Waals surface area contributed by atoms with Gasteiger partial charge in [0.25, 0.3) is 0 Å². The summed E-state index contributed by atoms with van der Waals surface area (Å²) < 4.78 is 40.1. The van der Waals surface area contributed by atoms with Crippen molar-refractivity contribution in [1.29, 1.82) is 0 Å². The van der Waals surface area contributed by atoms with Crippen LogP contribution in [0.15, 0.2) is 12.1 Å². The van der Waals surface area contributed by atoms with E-state index < -0.39 is 17.5 Å². The zero-order valence-electron chi connectivity index (χ0n) is 11.4. The topological polar surface area (TPSA) is 15.3 Å². The van der Waals surface area contributed by atoms with Gasteiger partial charge in [0.05, 0.1) is 5.69 Å². The molecule has 2 nitrogen and oxygen atoms in total. The highest BCUT2D eigenvalue weighted by Gasteiger charge is 2.33. The third-order valence-electron chi connectivity index (χ3n) is 4.24. The third kappa shape index (κ3) is 2.56. The Morgan fingerprint density at radius 3 is 2.37 bits per heavy atom. The average molecular weight is 272 g/mol. The first-order chi connectivity index (χ1) is 8.95. The van der Waals surface area contributed by atoms with Crippen molar-refractivity contribution in [3.63, 3.8) is 0 Å². The second-order valence-electron chi connectivity index (χ2n) is 5.19. The number of nitrogens with zero attached hydrogens (tertiary/aromatic N) is 1. The van der Waals surface area contributed by atoms with Crippen LogP contribution in [0, 0.1) is 23.4 Å². The Morgan fingerprint density at radius 2 is 1.74 bits per heavy atom. The fourth-order valence-electron chi connectivity index (χ4n) is 2.84. The van der Waals surface area contributed by atoms with Crippen LogP contribution in [0.2, 0.25) is 0 Å². The molecule has 1 aromatic carbocycles. The van der Waals surface area contributed by atoms with Gasteiger partial charge in [-0.15, -0.1) is 0 Å². The van der Waals surface area contributed by atoms with Crippen LogP contribution in [-0.4, -0.2) is 25.7 Å². The van der Waals surface area contributed by atoms with Crippen LogP contribution in [0.5, 0.6) is 0 Å². The van der Waals surface area contributed by atoms with Gasteiger partial charge in [-0.25, -0.2) is 13.2 Å². The number of rotatable bonds is 2. The van der Waals surface area contributed by atoms with Crippen molar-refractivity contribution < 1.29 is 13.2 Å². The number of piperidine rings is 1. The number of hydrogen-bond acceptors (Lipinski definition) is 2. The van der Waals surface area contributed by atoms with Gasteiger partial charge in [-0.3, -0.25) is 0 Å². The lowest BCUT2D eigenvalue weighted by molar-refractivity contribution is 0.281. The molecule has 1 N–H and O–H groups in total. The molecule has 2 rings (SSSR count). The molecular weight excluding hydrogens is 253 g/mol. The molecule has 1 saturated heterocycles. The van der Waals surface area contributed by atoms with E-state index in [9.17, 15) is 13.2 Å². The van der Waals surface area contributed by atoms with Crippen molar-refractivity contribution in [2.24, 2.45) is 5.92 Å². The summed E-state index contributed by atoms with van der Waals surface area (Å²) in [7, 11) is 1.90. The van der Waals surface area contributed by atoms with E-state index in [-0.39, 0.29) is 11.7 Å². The van der Waals surface area contributed by atoms with Gasteiger partial charge in [0.2, 0.25) is 0 Å². The lowest BCUT2D eigenvalue weighted by atomic mass is 9.86. The molecule has 1 aliphatic heterocycles. The normalized spacial score (nSPS) is 27.7. The molecule has 19 heavy (non-hydrogen) atoms. The van der Waals surface area contributed by atoms with Crippen molar-refractivity contribution in [3.8, 4) is 0 Å². The molecule has 1 heterocycles. The molecule has 3 atom stereocenters. The van der Waals surface area contributed by atoms with E-state index in [1.807, 2.05) is 18.9 Å². The van der Waals surface area contributed by atoms with Crippen molar-refractivity contribution in [1.82, 2.24) is 5.32 Å². The predicted octanol–water partition coefficient (Wildman–Crippen LogP) is 2.93. The molecule has 106 valence electrons. The highest BCUT2D eigenvalue weighted by molar-refractivity contribution is 5.50. The van der Waals surface area contributed by atoms with E-state index in [2.05, 4.69) is 12.2 Å². The molecule has 3 unspecified atom stereocenters. The van der Waals surface area contributed by atoms with Gasteiger partial charge in [0.1, 0.15) is 5.82 Å². The predicted molar refractivity (Wildman–Crippen MR) is 69.8 cm³/mol. The highest BCUT2D eigenvalue weighted by atomic mass is 19.2. The summed E-state index contributed by atoms with van der Waals surface area (Å²) in [6, 6.07) is 1.99. The van der Waals surface area contributed by atoms with Crippen LogP contribution >= 0.6 is 0 Å². The van der Waals surface area contributed by atoms with Crippen molar-refractivity contribution in [2.75, 3.05) is 18.5 Å². The lowest BCUT2D eigenvalue weighted by Gasteiger charge is -2.44. The van der Waals surface area contributed by atoms with Crippen molar-refractivity contribution >= 4 is 5.69 Å². The van der Waals surface area contributed by atoms with Gasteiger partial charge in [-0.1, -0.05) is 6.92 Å². The summed E-state index contributed by atoms with van der Waals surface area (Å²) in [5, 5.41) is 3.24. The minimum Gasteiger partial charge on any atom is -0.366 e. The van der Waals surface area contributed by atoms with Crippen molar-refractivity contribution in [2.45, 2.75) is 32.4 Å². The molecule has 1 fully saturated rings.